The molecule has 0 aliphatic rings. The van der Waals surface area contributed by atoms with Crippen LogP contribution in [-0.2, 0) is 11.3 Å². The minimum absolute atomic E-state index is 0.0595. The summed E-state index contributed by atoms with van der Waals surface area (Å²) in [4.78, 5) is 24.5. The number of pyridine rings is 1. The number of anilines is 1. The molecule has 0 aliphatic carbocycles. The van der Waals surface area contributed by atoms with Crippen molar-refractivity contribution in [3.8, 4) is 0 Å². The molecule has 0 aliphatic heterocycles. The molecule has 0 unspecified atom stereocenters. The average molecular weight is 386 g/mol. The molecule has 1 heterocycles. The van der Waals surface area contributed by atoms with Gasteiger partial charge >= 0.3 is 0 Å². The molecule has 0 fully saturated rings. The summed E-state index contributed by atoms with van der Waals surface area (Å²) in [5, 5.41) is 3.64. The number of ketones is 1. The van der Waals surface area contributed by atoms with Crippen molar-refractivity contribution < 1.29 is 14.2 Å². The van der Waals surface area contributed by atoms with Gasteiger partial charge < -0.3 is 5.32 Å². The first-order valence-corrected chi connectivity index (χ1v) is 8.62. The summed E-state index contributed by atoms with van der Waals surface area (Å²) in [5.74, 6) is -0.286. The minimum atomic E-state index is -0.226. The highest BCUT2D eigenvalue weighted by Crippen LogP contribution is 2.22. The number of amides is 1. The number of rotatable bonds is 5. The monoisotopic (exact) mass is 385 g/mol. The van der Waals surface area contributed by atoms with Crippen molar-refractivity contribution in [1.29, 1.82) is 0 Å². The van der Waals surface area contributed by atoms with Crippen LogP contribution in [0.5, 0.6) is 0 Å². The highest BCUT2D eigenvalue weighted by atomic mass is 35.5. The molecule has 2 aromatic carbocycles. The quantitative estimate of drug-likeness (QED) is 0.529. The second-order valence-electron chi connectivity index (χ2n) is 5.66. The average Bonchev–Trinajstić information content (AvgIpc) is 2.61. The van der Waals surface area contributed by atoms with E-state index in [0.717, 1.165) is 0 Å². The molecule has 1 aromatic heterocycles. The van der Waals surface area contributed by atoms with E-state index < -0.39 is 0 Å². The van der Waals surface area contributed by atoms with Crippen molar-refractivity contribution in [2.45, 2.75) is 6.54 Å². The van der Waals surface area contributed by atoms with Crippen LogP contribution in [0, 0.1) is 0 Å². The predicted molar refractivity (Wildman–Crippen MR) is 102 cm³/mol. The molecule has 6 heteroatoms. The van der Waals surface area contributed by atoms with E-state index in [1.54, 1.807) is 59.4 Å². The van der Waals surface area contributed by atoms with E-state index in [-0.39, 0.29) is 18.2 Å². The number of nitrogens with zero attached hydrogens (tertiary/aromatic N) is 1. The molecule has 0 atom stereocenters. The number of hydrogen-bond acceptors (Lipinski definition) is 2. The number of hydrogen-bond donors (Lipinski definition) is 1. The lowest BCUT2D eigenvalue weighted by atomic mass is 10.0. The van der Waals surface area contributed by atoms with Crippen LogP contribution in [0.3, 0.4) is 0 Å². The largest absolute Gasteiger partial charge is 0.320 e. The third kappa shape index (κ3) is 4.69. The van der Waals surface area contributed by atoms with Gasteiger partial charge in [0, 0.05) is 39.0 Å². The van der Waals surface area contributed by atoms with Crippen LogP contribution in [-0.4, -0.2) is 11.7 Å². The maximum Gasteiger partial charge on any atom is 0.290 e. The molecule has 0 bridgehead atoms. The smallest absolute Gasteiger partial charge is 0.290 e. The van der Waals surface area contributed by atoms with E-state index >= 15 is 0 Å². The van der Waals surface area contributed by atoms with Crippen molar-refractivity contribution in [2.24, 2.45) is 0 Å². The number of halogens is 2. The third-order valence-electron chi connectivity index (χ3n) is 3.66. The Bertz CT molecular complexity index is 922. The third-order valence-corrected chi connectivity index (χ3v) is 4.10. The van der Waals surface area contributed by atoms with Crippen LogP contribution >= 0.6 is 23.2 Å². The van der Waals surface area contributed by atoms with Gasteiger partial charge in [0.25, 0.3) is 5.91 Å². The summed E-state index contributed by atoms with van der Waals surface area (Å²) in [5.41, 5.74) is 1.72. The topological polar surface area (TPSA) is 50.0 Å². The molecule has 130 valence electrons. The lowest BCUT2D eigenvalue weighted by Crippen LogP contribution is -2.39. The maximum absolute atomic E-state index is 12.4. The number of nitrogens with one attached hydrogen (secondary N) is 1. The van der Waals surface area contributed by atoms with Crippen molar-refractivity contribution in [1.82, 2.24) is 0 Å². The summed E-state index contributed by atoms with van der Waals surface area (Å²) in [6, 6.07) is 17.3. The van der Waals surface area contributed by atoms with Gasteiger partial charge in [0.05, 0.1) is 0 Å². The molecule has 26 heavy (non-hydrogen) atoms. The molecule has 1 amide bonds. The normalized spacial score (nSPS) is 10.4. The first-order chi connectivity index (χ1) is 12.5. The van der Waals surface area contributed by atoms with Crippen LogP contribution in [0.1, 0.15) is 15.9 Å². The number of carbonyl (C=O) groups excluding carboxylic acids is 2. The molecular formula is C20H15Cl2N2O2+. The van der Waals surface area contributed by atoms with Gasteiger partial charge in [0.1, 0.15) is 0 Å². The minimum Gasteiger partial charge on any atom is -0.320 e. The van der Waals surface area contributed by atoms with Gasteiger partial charge in [-0.05, 0) is 18.2 Å². The van der Waals surface area contributed by atoms with Gasteiger partial charge in [-0.1, -0.05) is 53.5 Å². The Hall–Kier alpha value is -2.69. The van der Waals surface area contributed by atoms with Crippen LogP contribution in [0.4, 0.5) is 5.69 Å². The highest BCUT2D eigenvalue weighted by molar-refractivity contribution is 6.35. The van der Waals surface area contributed by atoms with Gasteiger partial charge in [-0.3, -0.25) is 9.59 Å². The van der Waals surface area contributed by atoms with Gasteiger partial charge in [0.15, 0.2) is 18.2 Å². The zero-order chi connectivity index (χ0) is 18.5. The molecule has 0 saturated heterocycles. The van der Waals surface area contributed by atoms with Gasteiger partial charge in [-0.2, -0.15) is 4.57 Å². The van der Waals surface area contributed by atoms with Crippen LogP contribution in [0.25, 0.3) is 0 Å². The van der Waals surface area contributed by atoms with Crippen LogP contribution in [0.15, 0.2) is 73.1 Å². The highest BCUT2D eigenvalue weighted by Gasteiger charge is 2.13. The van der Waals surface area contributed by atoms with Crippen LogP contribution < -0.4 is 9.88 Å². The summed E-state index contributed by atoms with van der Waals surface area (Å²) in [7, 11) is 0. The van der Waals surface area contributed by atoms with E-state index in [4.69, 9.17) is 23.2 Å². The molecule has 3 aromatic rings. The number of aromatic nitrogens is 1. The van der Waals surface area contributed by atoms with Crippen molar-refractivity contribution in [3.63, 3.8) is 0 Å². The maximum atomic E-state index is 12.4. The summed E-state index contributed by atoms with van der Waals surface area (Å²) in [6.07, 6.45) is 3.39. The fraction of sp³-hybridized carbons (Fsp3) is 0.0500. The SMILES string of the molecule is O=C(C[n+]1ccc(C(=O)c2ccccc2)cc1)Nc1cc(Cl)cc(Cl)c1. The number of benzene rings is 2. The molecule has 0 radical (unpaired) electrons. The van der Waals surface area contributed by atoms with Gasteiger partial charge in [-0.15, -0.1) is 0 Å². The van der Waals surface area contributed by atoms with Crippen LogP contribution in [0.2, 0.25) is 10.0 Å². The lowest BCUT2D eigenvalue weighted by Gasteiger charge is -2.05. The van der Waals surface area contributed by atoms with Crippen molar-refractivity contribution >= 4 is 40.6 Å². The molecule has 0 spiro atoms. The summed E-state index contributed by atoms with van der Waals surface area (Å²) < 4.78 is 1.68. The van der Waals surface area contributed by atoms with Crippen molar-refractivity contribution in [2.75, 3.05) is 5.32 Å². The Labute approximate surface area is 161 Å². The zero-order valence-corrected chi connectivity index (χ0v) is 15.2. The molecule has 3 rings (SSSR count). The fourth-order valence-electron chi connectivity index (χ4n) is 2.46. The first kappa shape index (κ1) is 18.1. The van der Waals surface area contributed by atoms with Crippen molar-refractivity contribution in [3.05, 3.63) is 94.2 Å². The van der Waals surface area contributed by atoms with E-state index in [1.165, 1.54) is 0 Å². The van der Waals surface area contributed by atoms with E-state index in [9.17, 15) is 9.59 Å². The fourth-order valence-corrected chi connectivity index (χ4v) is 2.99. The van der Waals surface area contributed by atoms with Gasteiger partial charge in [0.2, 0.25) is 6.54 Å². The Balaban J connectivity index is 1.65. The Morgan fingerprint density at radius 3 is 2.04 bits per heavy atom. The first-order valence-electron chi connectivity index (χ1n) is 7.86. The Kier molecular flexibility index (Phi) is 5.66. The zero-order valence-electron chi connectivity index (χ0n) is 13.7. The summed E-state index contributed by atoms with van der Waals surface area (Å²) >= 11 is 11.8. The molecular weight excluding hydrogens is 371 g/mol. The Morgan fingerprint density at radius 1 is 0.846 bits per heavy atom. The second kappa shape index (κ2) is 8.13. The van der Waals surface area contributed by atoms with E-state index in [2.05, 4.69) is 5.32 Å². The molecule has 0 saturated carbocycles. The Morgan fingerprint density at radius 2 is 1.42 bits per heavy atom. The standard InChI is InChI=1S/C20H14Cl2N2O2/c21-16-10-17(22)12-18(11-16)23-19(25)13-24-8-6-15(7-9-24)20(26)14-4-2-1-3-5-14/h1-12H,13H2/p+1. The molecule has 4 nitrogen and oxygen atoms in total. The van der Waals surface area contributed by atoms with Gasteiger partial charge in [-0.25, -0.2) is 0 Å². The number of carbonyl (C=O) groups is 2. The van der Waals surface area contributed by atoms with E-state index in [1.807, 2.05) is 18.2 Å². The summed E-state index contributed by atoms with van der Waals surface area (Å²) in [6.45, 7) is 0.101. The lowest BCUT2D eigenvalue weighted by molar-refractivity contribution is -0.684. The van der Waals surface area contributed by atoms with E-state index in [0.29, 0.717) is 26.9 Å². The second-order valence-corrected chi connectivity index (χ2v) is 6.53. The predicted octanol–water partition coefficient (Wildman–Crippen LogP) is 4.15. The molecule has 1 N–H and O–H groups in total.